The fourth-order valence-corrected chi connectivity index (χ4v) is 4.85. The first-order valence-corrected chi connectivity index (χ1v) is 11.0. The van der Waals surface area contributed by atoms with Crippen LogP contribution in [0.15, 0.2) is 40.2 Å². The molecule has 2 aromatic heterocycles. The molecule has 0 radical (unpaired) electrons. The van der Waals surface area contributed by atoms with E-state index in [2.05, 4.69) is 9.97 Å². The Labute approximate surface area is 173 Å². The number of nitrogens with zero attached hydrogens (tertiary/aromatic N) is 2. The Morgan fingerprint density at radius 3 is 2.60 bits per heavy atom. The number of hydrogen-bond acceptors (Lipinski definition) is 5. The number of aliphatic carboxylic acids is 1. The van der Waals surface area contributed by atoms with E-state index in [0.717, 1.165) is 12.8 Å². The van der Waals surface area contributed by atoms with Crippen LogP contribution in [0.25, 0.3) is 21.8 Å². The van der Waals surface area contributed by atoms with Gasteiger partial charge in [0, 0.05) is 47.9 Å². The van der Waals surface area contributed by atoms with Crippen LogP contribution in [0.1, 0.15) is 32.6 Å². The zero-order valence-corrected chi connectivity index (χ0v) is 17.2. The number of sulfonamides is 1. The highest BCUT2D eigenvalue weighted by Crippen LogP contribution is 2.33. The number of aromatic amines is 2. The Hall–Kier alpha value is -3.16. The highest BCUT2D eigenvalue weighted by molar-refractivity contribution is 7.89. The lowest BCUT2D eigenvalue weighted by Gasteiger charge is -2.21. The molecule has 4 rings (SSSR count). The van der Waals surface area contributed by atoms with Gasteiger partial charge >= 0.3 is 5.97 Å². The van der Waals surface area contributed by atoms with Crippen LogP contribution in [-0.4, -0.2) is 46.4 Å². The number of aromatic nitrogens is 2. The third-order valence-corrected chi connectivity index (χ3v) is 6.76. The zero-order chi connectivity index (χ0) is 21.9. The van der Waals surface area contributed by atoms with Gasteiger partial charge in [-0.25, -0.2) is 8.42 Å². The first kappa shape index (κ1) is 21.5. The molecule has 0 spiro atoms. The molecule has 2 heterocycles. The van der Waals surface area contributed by atoms with Gasteiger partial charge in [0.15, 0.2) is 0 Å². The predicted molar refractivity (Wildman–Crippen MR) is 111 cm³/mol. The normalized spacial score (nSPS) is 13.8. The third-order valence-electron chi connectivity index (χ3n) is 4.81. The Morgan fingerprint density at radius 1 is 1.30 bits per heavy atom. The fourth-order valence-electron chi connectivity index (χ4n) is 3.14. The number of nitrogens with one attached hydrogen (secondary N) is 2. The Balaban J connectivity index is 0.000000461. The molecule has 1 aliphatic rings. The minimum absolute atomic E-state index is 0.0168. The van der Waals surface area contributed by atoms with E-state index in [-0.39, 0.29) is 35.9 Å². The molecule has 1 aliphatic carbocycles. The van der Waals surface area contributed by atoms with Crippen molar-refractivity contribution in [2.75, 3.05) is 6.54 Å². The van der Waals surface area contributed by atoms with Gasteiger partial charge < -0.3 is 15.1 Å². The number of H-pyrrole nitrogens is 2. The minimum Gasteiger partial charge on any atom is -0.481 e. The molecule has 0 unspecified atom stereocenters. The highest BCUT2D eigenvalue weighted by Gasteiger charge is 2.37. The first-order valence-electron chi connectivity index (χ1n) is 9.53. The number of fused-ring (bicyclic) bond motifs is 3. The lowest BCUT2D eigenvalue weighted by Crippen LogP contribution is -2.34. The molecule has 9 nitrogen and oxygen atoms in total. The van der Waals surface area contributed by atoms with Gasteiger partial charge in [-0.3, -0.25) is 9.59 Å². The molecular formula is C20H22N4O5S. The minimum atomic E-state index is -3.68. The molecule has 0 amide bonds. The summed E-state index contributed by atoms with van der Waals surface area (Å²) in [5.74, 6) is -0.745. The smallest absolute Gasteiger partial charge is 0.303 e. The first-order chi connectivity index (χ1) is 14.3. The average Bonchev–Trinajstić information content (AvgIpc) is 3.42. The average molecular weight is 430 g/mol. The number of pyridine rings is 1. The summed E-state index contributed by atoms with van der Waals surface area (Å²) in [5.41, 5.74) is 0.772. The van der Waals surface area contributed by atoms with Crippen molar-refractivity contribution in [3.8, 4) is 6.07 Å². The number of carbonyl (C=O) groups is 1. The number of carboxylic acids is 1. The fraction of sp³-hybridized carbons (Fsp3) is 0.350. The molecule has 10 heteroatoms. The molecule has 1 saturated carbocycles. The van der Waals surface area contributed by atoms with Gasteiger partial charge in [-0.2, -0.15) is 9.57 Å². The monoisotopic (exact) mass is 430 g/mol. The maximum Gasteiger partial charge on any atom is 0.303 e. The van der Waals surface area contributed by atoms with Gasteiger partial charge in [0.05, 0.1) is 11.0 Å². The van der Waals surface area contributed by atoms with Crippen molar-refractivity contribution < 1.29 is 18.3 Å². The topological polar surface area (TPSA) is 147 Å². The second-order valence-electron chi connectivity index (χ2n) is 6.93. The summed E-state index contributed by atoms with van der Waals surface area (Å²) < 4.78 is 27.5. The van der Waals surface area contributed by atoms with Gasteiger partial charge in [-0.1, -0.05) is 6.92 Å². The maximum atomic E-state index is 13.0. The lowest BCUT2D eigenvalue weighted by molar-refractivity contribution is -0.136. The zero-order valence-electron chi connectivity index (χ0n) is 16.4. The summed E-state index contributed by atoms with van der Waals surface area (Å²) in [4.78, 5) is 27.2. The van der Waals surface area contributed by atoms with E-state index < -0.39 is 16.0 Å². The summed E-state index contributed by atoms with van der Waals surface area (Å²) in [6, 6.07) is 8.48. The number of hydrogen-bond donors (Lipinski definition) is 3. The van der Waals surface area contributed by atoms with Crippen molar-refractivity contribution in [3.63, 3.8) is 0 Å². The molecule has 1 fully saturated rings. The van der Waals surface area contributed by atoms with E-state index in [1.54, 1.807) is 31.3 Å². The van der Waals surface area contributed by atoms with Gasteiger partial charge in [0.2, 0.25) is 10.0 Å². The molecule has 0 aliphatic heterocycles. The van der Waals surface area contributed by atoms with Gasteiger partial charge in [-0.15, -0.1) is 0 Å². The summed E-state index contributed by atoms with van der Waals surface area (Å²) in [5, 5.41) is 17.9. The van der Waals surface area contributed by atoms with E-state index in [1.165, 1.54) is 10.4 Å². The maximum absolute atomic E-state index is 13.0. The molecule has 3 N–H and O–H groups in total. The van der Waals surface area contributed by atoms with Crippen LogP contribution in [0, 0.1) is 11.3 Å². The molecular weight excluding hydrogens is 408 g/mol. The van der Waals surface area contributed by atoms with Crippen LogP contribution >= 0.6 is 0 Å². The Morgan fingerprint density at radius 2 is 2.00 bits per heavy atom. The molecule has 1 aromatic carbocycles. The van der Waals surface area contributed by atoms with E-state index in [4.69, 9.17) is 10.4 Å². The highest BCUT2D eigenvalue weighted by atomic mass is 32.2. The number of carboxylic acid groups (broad SMARTS) is 1. The Bertz CT molecular complexity index is 1280. The Kier molecular flexibility index (Phi) is 6.24. The third kappa shape index (κ3) is 4.37. The van der Waals surface area contributed by atoms with E-state index in [9.17, 15) is 18.0 Å². The summed E-state index contributed by atoms with van der Waals surface area (Å²) in [6.07, 6.45) is 3.70. The van der Waals surface area contributed by atoms with Gasteiger partial charge in [0.25, 0.3) is 5.56 Å². The predicted octanol–water partition coefficient (Wildman–Crippen LogP) is 2.56. The van der Waals surface area contributed by atoms with Crippen LogP contribution in [-0.2, 0) is 14.8 Å². The van der Waals surface area contributed by atoms with Crippen molar-refractivity contribution >= 4 is 37.8 Å². The second-order valence-corrected chi connectivity index (χ2v) is 8.82. The van der Waals surface area contributed by atoms with Crippen molar-refractivity contribution in [2.24, 2.45) is 0 Å². The van der Waals surface area contributed by atoms with Crippen molar-refractivity contribution in [3.05, 3.63) is 40.8 Å². The van der Waals surface area contributed by atoms with Crippen LogP contribution < -0.4 is 5.56 Å². The summed E-state index contributed by atoms with van der Waals surface area (Å²) in [6.45, 7) is 1.80. The van der Waals surface area contributed by atoms with Gasteiger partial charge in [0.1, 0.15) is 5.52 Å². The molecule has 158 valence electrons. The van der Waals surface area contributed by atoms with Crippen LogP contribution in [0.5, 0.6) is 0 Å². The molecule has 0 atom stereocenters. The number of nitriles is 1. The summed E-state index contributed by atoms with van der Waals surface area (Å²) in [7, 11) is -3.68. The second kappa shape index (κ2) is 8.69. The summed E-state index contributed by atoms with van der Waals surface area (Å²) >= 11 is 0. The van der Waals surface area contributed by atoms with Crippen LogP contribution in [0.4, 0.5) is 0 Å². The van der Waals surface area contributed by atoms with E-state index in [1.807, 2.05) is 6.07 Å². The number of rotatable bonds is 6. The molecule has 30 heavy (non-hydrogen) atoms. The van der Waals surface area contributed by atoms with Crippen molar-refractivity contribution in [2.45, 2.75) is 43.5 Å². The number of benzene rings is 1. The van der Waals surface area contributed by atoms with E-state index in [0.29, 0.717) is 21.8 Å². The molecule has 0 bridgehead atoms. The van der Waals surface area contributed by atoms with Crippen molar-refractivity contribution in [1.29, 1.82) is 5.26 Å². The standard InChI is InChI=1S/C17H16N4O3S.C3H6O2/c18-7-1-9-21(11-2-3-11)25(23,24)12-4-5-15-14(10-12)13-6-8-19-16(13)17(22)20-15;1-2-3(4)5/h4-6,8,10-11,19H,1-3,9H2,(H,20,22);2H2,1H3,(H,4,5). The van der Waals surface area contributed by atoms with Crippen LogP contribution in [0.3, 0.4) is 0 Å². The van der Waals surface area contributed by atoms with E-state index >= 15 is 0 Å². The van der Waals surface area contributed by atoms with Crippen molar-refractivity contribution in [1.82, 2.24) is 14.3 Å². The largest absolute Gasteiger partial charge is 0.481 e. The van der Waals surface area contributed by atoms with Gasteiger partial charge in [-0.05, 0) is 37.1 Å². The molecule has 0 saturated heterocycles. The molecule has 3 aromatic rings. The lowest BCUT2D eigenvalue weighted by atomic mass is 10.1. The SMILES string of the molecule is CCC(=O)O.N#CCCN(C1CC1)S(=O)(=O)c1ccc2[nH]c(=O)c3[nH]ccc3c2c1. The van der Waals surface area contributed by atoms with Crippen LogP contribution in [0.2, 0.25) is 0 Å². The quantitative estimate of drug-likeness (QED) is 0.547.